The second kappa shape index (κ2) is 7.45. The summed E-state index contributed by atoms with van der Waals surface area (Å²) in [5.41, 5.74) is 2.47. The zero-order valence-corrected chi connectivity index (χ0v) is 12.5. The van der Waals surface area contributed by atoms with Gasteiger partial charge in [0.25, 0.3) is 0 Å². The molecule has 0 unspecified atom stereocenters. The monoisotopic (exact) mass is 280 g/mol. The molecule has 0 nitrogen and oxygen atoms in total. The van der Waals surface area contributed by atoms with Gasteiger partial charge in [0, 0.05) is 10.0 Å². The van der Waals surface area contributed by atoms with Crippen molar-refractivity contribution in [3.05, 3.63) is 69.7 Å². The summed E-state index contributed by atoms with van der Waals surface area (Å²) in [7, 11) is 0. The molecule has 2 aromatic carbocycles. The number of aryl methyl sites for hydroxylation is 1. The summed E-state index contributed by atoms with van der Waals surface area (Å²) >= 11 is 11.4. The van der Waals surface area contributed by atoms with Gasteiger partial charge in [-0.05, 0) is 42.2 Å². The highest BCUT2D eigenvalue weighted by molar-refractivity contribution is 6.31. The first-order chi connectivity index (χ1) is 8.50. The summed E-state index contributed by atoms with van der Waals surface area (Å²) in [6, 6.07) is 15.8. The molecule has 0 aliphatic heterocycles. The Hall–Kier alpha value is -0.980. The van der Waals surface area contributed by atoms with E-state index in [1.807, 2.05) is 43.3 Å². The van der Waals surface area contributed by atoms with Crippen LogP contribution in [0, 0.1) is 6.92 Å². The van der Waals surface area contributed by atoms with E-state index in [9.17, 15) is 0 Å². The molecule has 0 saturated carbocycles. The van der Waals surface area contributed by atoms with Crippen LogP contribution in [0.1, 0.15) is 30.9 Å². The fourth-order valence-corrected chi connectivity index (χ4v) is 1.66. The molecule has 0 N–H and O–H groups in total. The van der Waals surface area contributed by atoms with Gasteiger partial charge in [-0.3, -0.25) is 0 Å². The van der Waals surface area contributed by atoms with E-state index in [0.717, 1.165) is 15.6 Å². The lowest BCUT2D eigenvalue weighted by atomic mass is 10.0. The maximum absolute atomic E-state index is 5.72. The molecule has 0 aromatic heterocycles. The number of hydrogen-bond donors (Lipinski definition) is 0. The lowest BCUT2D eigenvalue weighted by Gasteiger charge is -2.03. The van der Waals surface area contributed by atoms with Gasteiger partial charge in [0.15, 0.2) is 0 Å². The van der Waals surface area contributed by atoms with Crippen molar-refractivity contribution >= 4 is 23.2 Å². The predicted octanol–water partition coefficient (Wildman–Crippen LogP) is 6.11. The molecule has 0 saturated heterocycles. The molecule has 0 heterocycles. The molecule has 0 spiro atoms. The number of halogens is 2. The van der Waals surface area contributed by atoms with E-state index < -0.39 is 0 Å². The van der Waals surface area contributed by atoms with Gasteiger partial charge < -0.3 is 0 Å². The van der Waals surface area contributed by atoms with E-state index in [1.54, 1.807) is 0 Å². The van der Waals surface area contributed by atoms with Gasteiger partial charge in [0.1, 0.15) is 0 Å². The van der Waals surface area contributed by atoms with Crippen LogP contribution in [0.25, 0.3) is 0 Å². The van der Waals surface area contributed by atoms with E-state index in [2.05, 4.69) is 26.0 Å². The Labute approximate surface area is 120 Å². The van der Waals surface area contributed by atoms with Crippen molar-refractivity contribution in [3.8, 4) is 0 Å². The van der Waals surface area contributed by atoms with Crippen molar-refractivity contribution in [3.63, 3.8) is 0 Å². The first kappa shape index (κ1) is 15.1. The topological polar surface area (TPSA) is 0 Å². The van der Waals surface area contributed by atoms with Crippen LogP contribution in [0.2, 0.25) is 10.0 Å². The Kier molecular flexibility index (Phi) is 6.24. The van der Waals surface area contributed by atoms with Gasteiger partial charge >= 0.3 is 0 Å². The molecule has 0 fully saturated rings. The third-order valence-electron chi connectivity index (χ3n) is 2.61. The largest absolute Gasteiger partial charge is 0.0843 e. The Morgan fingerprint density at radius 2 is 1.39 bits per heavy atom. The summed E-state index contributed by atoms with van der Waals surface area (Å²) in [5.74, 6) is 0.595. The number of hydrogen-bond acceptors (Lipinski definition) is 0. The van der Waals surface area contributed by atoms with Gasteiger partial charge in [-0.25, -0.2) is 0 Å². The van der Waals surface area contributed by atoms with Crippen LogP contribution >= 0.6 is 23.2 Å². The number of benzene rings is 2. The normalized spacial score (nSPS) is 9.89. The molecule has 2 rings (SSSR count). The summed E-state index contributed by atoms with van der Waals surface area (Å²) in [6.45, 7) is 6.33. The first-order valence-corrected chi connectivity index (χ1v) is 6.73. The van der Waals surface area contributed by atoms with Crippen molar-refractivity contribution in [2.24, 2.45) is 0 Å². The molecular weight excluding hydrogens is 263 g/mol. The van der Waals surface area contributed by atoms with Crippen LogP contribution < -0.4 is 0 Å². The van der Waals surface area contributed by atoms with Crippen LogP contribution in [0.3, 0.4) is 0 Å². The highest BCUT2D eigenvalue weighted by Gasteiger charge is 1.96. The van der Waals surface area contributed by atoms with Crippen molar-refractivity contribution in [1.82, 2.24) is 0 Å². The van der Waals surface area contributed by atoms with E-state index in [-0.39, 0.29) is 0 Å². The van der Waals surface area contributed by atoms with E-state index in [0.29, 0.717) is 5.92 Å². The molecule has 0 amide bonds. The van der Waals surface area contributed by atoms with E-state index >= 15 is 0 Å². The summed E-state index contributed by atoms with van der Waals surface area (Å²) in [6.07, 6.45) is 0. The zero-order valence-electron chi connectivity index (χ0n) is 11.0. The third kappa shape index (κ3) is 5.12. The van der Waals surface area contributed by atoms with Crippen LogP contribution in [0.15, 0.2) is 48.5 Å². The van der Waals surface area contributed by atoms with Crippen LogP contribution in [0.4, 0.5) is 0 Å². The molecule has 18 heavy (non-hydrogen) atoms. The van der Waals surface area contributed by atoms with Crippen LogP contribution in [0.5, 0.6) is 0 Å². The summed E-state index contributed by atoms with van der Waals surface area (Å²) < 4.78 is 0. The van der Waals surface area contributed by atoms with Gasteiger partial charge in [0.05, 0.1) is 0 Å². The SMILES string of the molecule is CC(C)c1ccc(Cl)cc1.Cc1ccccc1Cl. The number of rotatable bonds is 1. The molecule has 0 aliphatic rings. The first-order valence-electron chi connectivity index (χ1n) is 5.97. The fourth-order valence-electron chi connectivity index (χ4n) is 1.40. The Morgan fingerprint density at radius 3 is 1.78 bits per heavy atom. The van der Waals surface area contributed by atoms with Crippen molar-refractivity contribution in [2.45, 2.75) is 26.7 Å². The molecule has 0 aliphatic carbocycles. The van der Waals surface area contributed by atoms with E-state index in [4.69, 9.17) is 23.2 Å². The standard InChI is InChI=1S/C9H11Cl.C7H7Cl/c1-7(2)8-3-5-9(10)6-4-8;1-6-4-2-3-5-7(6)8/h3-7H,1-2H3;2-5H,1H3. The Bertz CT molecular complexity index is 452. The average molecular weight is 281 g/mol. The van der Waals surface area contributed by atoms with Gasteiger partial charge in [-0.1, -0.05) is 67.4 Å². The Balaban J connectivity index is 0.000000184. The summed E-state index contributed by atoms with van der Waals surface area (Å²) in [5, 5.41) is 1.65. The molecule has 2 heteroatoms. The maximum Gasteiger partial charge on any atom is 0.0435 e. The lowest BCUT2D eigenvalue weighted by molar-refractivity contribution is 0.867. The predicted molar refractivity (Wildman–Crippen MR) is 81.7 cm³/mol. The minimum Gasteiger partial charge on any atom is -0.0843 e. The Morgan fingerprint density at radius 1 is 0.833 bits per heavy atom. The fraction of sp³-hybridized carbons (Fsp3) is 0.250. The van der Waals surface area contributed by atoms with Gasteiger partial charge in [-0.2, -0.15) is 0 Å². The van der Waals surface area contributed by atoms with Gasteiger partial charge in [-0.15, -0.1) is 0 Å². The van der Waals surface area contributed by atoms with Crippen molar-refractivity contribution in [1.29, 1.82) is 0 Å². The molecule has 0 bridgehead atoms. The maximum atomic E-state index is 5.72. The van der Waals surface area contributed by atoms with Crippen LogP contribution in [-0.2, 0) is 0 Å². The average Bonchev–Trinajstić information content (AvgIpc) is 2.34. The second-order valence-electron chi connectivity index (χ2n) is 4.46. The lowest BCUT2D eigenvalue weighted by Crippen LogP contribution is -1.84. The molecule has 0 radical (unpaired) electrons. The zero-order chi connectivity index (χ0) is 13.5. The molecule has 96 valence electrons. The van der Waals surface area contributed by atoms with E-state index in [1.165, 1.54) is 5.56 Å². The minimum atomic E-state index is 0.595. The van der Waals surface area contributed by atoms with Crippen LogP contribution in [-0.4, -0.2) is 0 Å². The summed E-state index contributed by atoms with van der Waals surface area (Å²) in [4.78, 5) is 0. The highest BCUT2D eigenvalue weighted by atomic mass is 35.5. The molecular formula is C16H18Cl2. The highest BCUT2D eigenvalue weighted by Crippen LogP contribution is 2.16. The molecule has 2 aromatic rings. The third-order valence-corrected chi connectivity index (χ3v) is 3.29. The van der Waals surface area contributed by atoms with Gasteiger partial charge in [0.2, 0.25) is 0 Å². The molecule has 0 atom stereocenters. The quantitative estimate of drug-likeness (QED) is 0.591. The van der Waals surface area contributed by atoms with Crippen molar-refractivity contribution in [2.75, 3.05) is 0 Å². The minimum absolute atomic E-state index is 0.595. The van der Waals surface area contributed by atoms with Crippen molar-refractivity contribution < 1.29 is 0 Å². The second-order valence-corrected chi connectivity index (χ2v) is 5.30. The smallest absolute Gasteiger partial charge is 0.0435 e.